The van der Waals surface area contributed by atoms with Crippen molar-refractivity contribution in [1.29, 1.82) is 0 Å². The lowest BCUT2D eigenvalue weighted by Crippen LogP contribution is -2.35. The van der Waals surface area contributed by atoms with Crippen LogP contribution in [-0.2, 0) is 25.8 Å². The van der Waals surface area contributed by atoms with Crippen molar-refractivity contribution >= 4 is 23.7 Å². The first-order chi connectivity index (χ1) is 13.7. The Bertz CT molecular complexity index is 888. The molecule has 1 fully saturated rings. The van der Waals surface area contributed by atoms with Crippen LogP contribution in [0.4, 0.5) is 10.5 Å². The Labute approximate surface area is 168 Å². The van der Waals surface area contributed by atoms with Gasteiger partial charge in [-0.25, -0.2) is 9.48 Å². The Hall–Kier alpha value is -3.36. The molecule has 3 rings (SSSR count). The number of nitrogens with one attached hydrogen (secondary N) is 1. The fourth-order valence-electron chi connectivity index (χ4n) is 2.77. The Balaban J connectivity index is 1.56. The first-order valence-electron chi connectivity index (χ1n) is 9.22. The molecule has 1 atom stereocenters. The average Bonchev–Trinajstić information content (AvgIpc) is 3.26. The maximum atomic E-state index is 12.4. The highest BCUT2D eigenvalue weighted by Crippen LogP contribution is 2.27. The number of aromatic nitrogens is 2. The van der Waals surface area contributed by atoms with E-state index in [2.05, 4.69) is 10.4 Å². The second kappa shape index (κ2) is 8.34. The minimum atomic E-state index is -0.607. The second-order valence-electron chi connectivity index (χ2n) is 7.76. The number of anilines is 1. The minimum absolute atomic E-state index is 0.0551. The highest BCUT2D eigenvalue weighted by molar-refractivity contribution is 5.94. The zero-order valence-corrected chi connectivity index (χ0v) is 16.6. The van der Waals surface area contributed by atoms with Gasteiger partial charge in [-0.2, -0.15) is 5.10 Å². The van der Waals surface area contributed by atoms with E-state index in [9.17, 15) is 14.4 Å². The van der Waals surface area contributed by atoms with Gasteiger partial charge in [-0.15, -0.1) is 0 Å². The lowest BCUT2D eigenvalue weighted by Gasteiger charge is -2.20. The predicted octanol–water partition coefficient (Wildman–Crippen LogP) is 2.56. The van der Waals surface area contributed by atoms with Crippen LogP contribution in [0.2, 0.25) is 0 Å². The average molecular weight is 400 g/mol. The third kappa shape index (κ3) is 5.13. The van der Waals surface area contributed by atoms with Crippen LogP contribution in [0.1, 0.15) is 32.4 Å². The monoisotopic (exact) mass is 400 g/mol. The molecule has 0 bridgehead atoms. The quantitative estimate of drug-likeness (QED) is 0.748. The van der Waals surface area contributed by atoms with Crippen molar-refractivity contribution in [2.75, 3.05) is 18.5 Å². The fourth-order valence-corrected chi connectivity index (χ4v) is 2.77. The first kappa shape index (κ1) is 20.4. The summed E-state index contributed by atoms with van der Waals surface area (Å²) in [5.41, 5.74) is 0.731. The van der Waals surface area contributed by atoms with Crippen LogP contribution in [0.15, 0.2) is 42.7 Å². The third-order valence-electron chi connectivity index (χ3n) is 4.33. The standard InChI is InChI=1S/C20H24N4O5/c1-20(2,3)18(26)29-13-23-10-15(9-21-23)22-17(25)11-24-16(12-28-19(24)27)14-7-5-4-6-8-14/h4-10,16H,11-13H2,1-3H3,(H,22,25)/t16-/m1/s1. The summed E-state index contributed by atoms with van der Waals surface area (Å²) in [6, 6.07) is 9.10. The zero-order valence-electron chi connectivity index (χ0n) is 16.6. The van der Waals surface area contributed by atoms with E-state index in [1.54, 1.807) is 27.0 Å². The number of hydrogen-bond acceptors (Lipinski definition) is 6. The molecule has 1 saturated heterocycles. The van der Waals surface area contributed by atoms with Crippen molar-refractivity contribution in [1.82, 2.24) is 14.7 Å². The number of amides is 2. The van der Waals surface area contributed by atoms with Crippen molar-refractivity contribution < 1.29 is 23.9 Å². The summed E-state index contributed by atoms with van der Waals surface area (Å²) in [7, 11) is 0. The molecule has 1 aliphatic heterocycles. The van der Waals surface area contributed by atoms with E-state index in [0.717, 1.165) is 5.56 Å². The van der Waals surface area contributed by atoms with Gasteiger partial charge in [0.15, 0.2) is 6.73 Å². The maximum absolute atomic E-state index is 12.4. The van der Waals surface area contributed by atoms with E-state index in [4.69, 9.17) is 9.47 Å². The molecule has 2 amide bonds. The third-order valence-corrected chi connectivity index (χ3v) is 4.33. The molecule has 2 aromatic rings. The van der Waals surface area contributed by atoms with Crippen LogP contribution in [0, 0.1) is 5.41 Å². The Kier molecular flexibility index (Phi) is 5.86. The molecule has 0 aliphatic carbocycles. The van der Waals surface area contributed by atoms with Crippen molar-refractivity contribution in [2.45, 2.75) is 33.5 Å². The molecular formula is C20H24N4O5. The number of hydrogen-bond donors (Lipinski definition) is 1. The van der Waals surface area contributed by atoms with Gasteiger partial charge in [0.2, 0.25) is 5.91 Å². The molecule has 154 valence electrons. The van der Waals surface area contributed by atoms with Gasteiger partial charge in [0.25, 0.3) is 0 Å². The van der Waals surface area contributed by atoms with E-state index in [1.165, 1.54) is 15.8 Å². The molecule has 1 aromatic carbocycles. The van der Waals surface area contributed by atoms with E-state index in [1.807, 2.05) is 30.3 Å². The van der Waals surface area contributed by atoms with E-state index in [0.29, 0.717) is 5.69 Å². The molecule has 1 aliphatic rings. The molecule has 1 N–H and O–H groups in total. The topological polar surface area (TPSA) is 103 Å². The summed E-state index contributed by atoms with van der Waals surface area (Å²) >= 11 is 0. The van der Waals surface area contributed by atoms with Crippen LogP contribution in [0.5, 0.6) is 0 Å². The van der Waals surface area contributed by atoms with Crippen LogP contribution in [-0.4, -0.2) is 45.8 Å². The number of cyclic esters (lactones) is 1. The summed E-state index contributed by atoms with van der Waals surface area (Å²) in [6.07, 6.45) is 2.46. The number of ether oxygens (including phenoxy) is 2. The number of nitrogens with zero attached hydrogens (tertiary/aromatic N) is 3. The number of rotatable bonds is 6. The van der Waals surface area contributed by atoms with Crippen molar-refractivity contribution in [3.05, 3.63) is 48.3 Å². The molecule has 0 unspecified atom stereocenters. The van der Waals surface area contributed by atoms with Gasteiger partial charge in [0, 0.05) is 0 Å². The molecular weight excluding hydrogens is 376 g/mol. The lowest BCUT2D eigenvalue weighted by atomic mass is 9.98. The maximum Gasteiger partial charge on any atom is 0.410 e. The second-order valence-corrected chi connectivity index (χ2v) is 7.76. The van der Waals surface area contributed by atoms with Gasteiger partial charge in [-0.05, 0) is 26.3 Å². The largest absolute Gasteiger partial charge is 0.447 e. The van der Waals surface area contributed by atoms with Crippen molar-refractivity contribution in [2.24, 2.45) is 5.41 Å². The number of carbonyl (C=O) groups is 3. The van der Waals surface area contributed by atoms with Crippen LogP contribution >= 0.6 is 0 Å². The lowest BCUT2D eigenvalue weighted by molar-refractivity contribution is -0.157. The fraction of sp³-hybridized carbons (Fsp3) is 0.400. The molecule has 0 saturated carbocycles. The molecule has 1 aromatic heterocycles. The molecule has 0 spiro atoms. The van der Waals surface area contributed by atoms with Gasteiger partial charge in [0.1, 0.15) is 13.2 Å². The highest BCUT2D eigenvalue weighted by atomic mass is 16.6. The van der Waals surface area contributed by atoms with Crippen LogP contribution in [0.25, 0.3) is 0 Å². The summed E-state index contributed by atoms with van der Waals surface area (Å²) in [5, 5.41) is 6.74. The minimum Gasteiger partial charge on any atom is -0.447 e. The molecule has 9 nitrogen and oxygen atoms in total. The predicted molar refractivity (Wildman–Crippen MR) is 104 cm³/mol. The summed E-state index contributed by atoms with van der Waals surface area (Å²) in [5.74, 6) is -0.728. The normalized spacial score (nSPS) is 16.4. The Morgan fingerprint density at radius 3 is 2.69 bits per heavy atom. The molecule has 29 heavy (non-hydrogen) atoms. The van der Waals surface area contributed by atoms with Gasteiger partial charge in [-0.3, -0.25) is 14.5 Å². The van der Waals surface area contributed by atoms with Crippen molar-refractivity contribution in [3.8, 4) is 0 Å². The number of carbonyl (C=O) groups excluding carboxylic acids is 3. The summed E-state index contributed by atoms with van der Waals surface area (Å²) < 4.78 is 11.7. The van der Waals surface area contributed by atoms with Gasteiger partial charge in [0.05, 0.1) is 29.5 Å². The number of esters is 1. The Morgan fingerprint density at radius 1 is 1.28 bits per heavy atom. The summed E-state index contributed by atoms with van der Waals surface area (Å²) in [6.45, 7) is 5.28. The van der Waals surface area contributed by atoms with Gasteiger partial charge < -0.3 is 14.8 Å². The highest BCUT2D eigenvalue weighted by Gasteiger charge is 2.35. The smallest absolute Gasteiger partial charge is 0.410 e. The zero-order chi connectivity index (χ0) is 21.0. The first-order valence-corrected chi connectivity index (χ1v) is 9.22. The van der Waals surface area contributed by atoms with E-state index >= 15 is 0 Å². The van der Waals surface area contributed by atoms with Gasteiger partial charge in [-0.1, -0.05) is 30.3 Å². The van der Waals surface area contributed by atoms with Crippen LogP contribution < -0.4 is 5.32 Å². The SMILES string of the molecule is CC(C)(C)C(=O)OCn1cc(NC(=O)CN2C(=O)OC[C@@H]2c2ccccc2)cn1. The molecule has 9 heteroatoms. The molecule has 2 heterocycles. The molecule has 0 radical (unpaired) electrons. The van der Waals surface area contributed by atoms with Gasteiger partial charge >= 0.3 is 12.1 Å². The Morgan fingerprint density at radius 2 is 2.00 bits per heavy atom. The van der Waals surface area contributed by atoms with E-state index < -0.39 is 11.5 Å². The summed E-state index contributed by atoms with van der Waals surface area (Å²) in [4.78, 5) is 37.7. The number of benzene rings is 1. The van der Waals surface area contributed by atoms with E-state index in [-0.39, 0.29) is 37.8 Å². The van der Waals surface area contributed by atoms with Crippen LogP contribution in [0.3, 0.4) is 0 Å². The van der Waals surface area contributed by atoms with Crippen molar-refractivity contribution in [3.63, 3.8) is 0 Å².